The molecule has 0 radical (unpaired) electrons. The van der Waals surface area contributed by atoms with E-state index in [9.17, 15) is 4.79 Å². The maximum Gasteiger partial charge on any atom is 0.226 e. The fourth-order valence-electron chi connectivity index (χ4n) is 2.45. The lowest BCUT2D eigenvalue weighted by atomic mass is 10.1. The van der Waals surface area contributed by atoms with Crippen molar-refractivity contribution in [3.8, 4) is 0 Å². The minimum atomic E-state index is -0.00452. The number of carbonyl (C=O) groups is 1. The standard InChI is InChI=1S/C15H18N4O.ClH/c1-10-4-14(19-18-10)6-15(20)17-7-11-2-3-12-8-16-9-13(12)5-11;/h2-5,16H,6-9H2,1H3,(H,17,20)(H,18,19);1H. The summed E-state index contributed by atoms with van der Waals surface area (Å²) in [5, 5.41) is 13.2. The molecule has 0 atom stereocenters. The molecule has 5 nitrogen and oxygen atoms in total. The van der Waals surface area contributed by atoms with Crippen LogP contribution in [-0.4, -0.2) is 16.1 Å². The number of benzene rings is 1. The topological polar surface area (TPSA) is 69.8 Å². The maximum absolute atomic E-state index is 11.9. The van der Waals surface area contributed by atoms with E-state index in [0.717, 1.165) is 30.0 Å². The summed E-state index contributed by atoms with van der Waals surface area (Å²) in [5.74, 6) is -0.00452. The second kappa shape index (κ2) is 6.74. The van der Waals surface area contributed by atoms with Gasteiger partial charge in [-0.15, -0.1) is 12.4 Å². The van der Waals surface area contributed by atoms with Gasteiger partial charge in [0.05, 0.1) is 12.1 Å². The highest BCUT2D eigenvalue weighted by Gasteiger charge is 2.11. The fraction of sp³-hybridized carbons (Fsp3) is 0.333. The van der Waals surface area contributed by atoms with Crippen LogP contribution in [0.15, 0.2) is 24.3 Å². The van der Waals surface area contributed by atoms with Crippen molar-refractivity contribution in [1.29, 1.82) is 0 Å². The zero-order valence-corrected chi connectivity index (χ0v) is 12.7. The first-order valence-corrected chi connectivity index (χ1v) is 6.80. The Hall–Kier alpha value is -1.85. The van der Waals surface area contributed by atoms with Crippen LogP contribution in [-0.2, 0) is 30.8 Å². The third-order valence-electron chi connectivity index (χ3n) is 3.49. The van der Waals surface area contributed by atoms with Gasteiger partial charge in [-0.2, -0.15) is 5.10 Å². The van der Waals surface area contributed by atoms with Gasteiger partial charge in [-0.1, -0.05) is 18.2 Å². The molecule has 21 heavy (non-hydrogen) atoms. The Morgan fingerprint density at radius 1 is 1.29 bits per heavy atom. The molecule has 0 aliphatic carbocycles. The van der Waals surface area contributed by atoms with Gasteiger partial charge in [0, 0.05) is 25.3 Å². The number of hydrogen-bond donors (Lipinski definition) is 3. The van der Waals surface area contributed by atoms with Gasteiger partial charge in [0.15, 0.2) is 0 Å². The minimum absolute atomic E-state index is 0. The normalized spacial score (nSPS) is 12.6. The van der Waals surface area contributed by atoms with Crippen molar-refractivity contribution >= 4 is 18.3 Å². The third-order valence-corrected chi connectivity index (χ3v) is 3.49. The summed E-state index contributed by atoms with van der Waals surface area (Å²) in [6, 6.07) is 8.26. The number of rotatable bonds is 4. The summed E-state index contributed by atoms with van der Waals surface area (Å²) < 4.78 is 0. The van der Waals surface area contributed by atoms with Crippen LogP contribution < -0.4 is 10.6 Å². The van der Waals surface area contributed by atoms with Crippen molar-refractivity contribution in [2.45, 2.75) is 33.0 Å². The minimum Gasteiger partial charge on any atom is -0.352 e. The average Bonchev–Trinajstić information content (AvgIpc) is 3.04. The van der Waals surface area contributed by atoms with Crippen LogP contribution in [0.1, 0.15) is 28.1 Å². The Morgan fingerprint density at radius 3 is 2.86 bits per heavy atom. The number of nitrogens with one attached hydrogen (secondary N) is 3. The van der Waals surface area contributed by atoms with E-state index in [1.54, 1.807) is 0 Å². The Balaban J connectivity index is 0.00000161. The number of aryl methyl sites for hydroxylation is 1. The van der Waals surface area contributed by atoms with Crippen LogP contribution in [0.2, 0.25) is 0 Å². The SMILES string of the molecule is Cc1cc(CC(=O)NCc2ccc3c(c2)CNC3)n[nH]1.Cl. The maximum atomic E-state index is 11.9. The average molecular weight is 307 g/mol. The van der Waals surface area contributed by atoms with E-state index < -0.39 is 0 Å². The number of H-pyrrole nitrogens is 1. The van der Waals surface area contributed by atoms with Crippen molar-refractivity contribution < 1.29 is 4.79 Å². The Bertz CT molecular complexity index is 638. The lowest BCUT2D eigenvalue weighted by molar-refractivity contribution is -0.120. The highest BCUT2D eigenvalue weighted by Crippen LogP contribution is 2.16. The molecule has 3 N–H and O–H groups in total. The van der Waals surface area contributed by atoms with Crippen molar-refractivity contribution in [2.75, 3.05) is 0 Å². The van der Waals surface area contributed by atoms with Gasteiger partial charge in [0.25, 0.3) is 0 Å². The van der Waals surface area contributed by atoms with Crippen LogP contribution in [0, 0.1) is 6.92 Å². The van der Waals surface area contributed by atoms with E-state index in [2.05, 4.69) is 39.0 Å². The Morgan fingerprint density at radius 2 is 2.10 bits per heavy atom. The monoisotopic (exact) mass is 306 g/mol. The number of aromatic nitrogens is 2. The lowest BCUT2D eigenvalue weighted by Gasteiger charge is -2.06. The molecule has 2 heterocycles. The van der Waals surface area contributed by atoms with Gasteiger partial charge in [-0.05, 0) is 29.7 Å². The molecule has 112 valence electrons. The second-order valence-electron chi connectivity index (χ2n) is 5.20. The van der Waals surface area contributed by atoms with Crippen molar-refractivity contribution in [2.24, 2.45) is 0 Å². The van der Waals surface area contributed by atoms with Gasteiger partial charge in [-0.25, -0.2) is 0 Å². The molecule has 0 saturated carbocycles. The first kappa shape index (κ1) is 15.5. The fourth-order valence-corrected chi connectivity index (χ4v) is 2.45. The van der Waals surface area contributed by atoms with Gasteiger partial charge < -0.3 is 10.6 Å². The number of amides is 1. The molecular weight excluding hydrogens is 288 g/mol. The number of aromatic amines is 1. The molecule has 1 aromatic carbocycles. The van der Waals surface area contributed by atoms with Crippen LogP contribution in [0.3, 0.4) is 0 Å². The molecule has 0 bridgehead atoms. The molecule has 1 aliphatic heterocycles. The molecule has 6 heteroatoms. The van der Waals surface area contributed by atoms with E-state index in [-0.39, 0.29) is 18.3 Å². The van der Waals surface area contributed by atoms with E-state index in [4.69, 9.17) is 0 Å². The summed E-state index contributed by atoms with van der Waals surface area (Å²) in [5.41, 5.74) is 5.57. The molecule has 0 saturated heterocycles. The first-order valence-electron chi connectivity index (χ1n) is 6.80. The third kappa shape index (κ3) is 3.83. The Labute approximate surface area is 129 Å². The highest BCUT2D eigenvalue weighted by atomic mass is 35.5. The Kier molecular flexibility index (Phi) is 4.98. The van der Waals surface area contributed by atoms with E-state index in [0.29, 0.717) is 13.0 Å². The number of nitrogens with zero attached hydrogens (tertiary/aromatic N) is 1. The van der Waals surface area contributed by atoms with Gasteiger partial charge in [0.1, 0.15) is 0 Å². The van der Waals surface area contributed by atoms with Crippen LogP contribution in [0.25, 0.3) is 0 Å². The molecule has 3 rings (SSSR count). The quantitative estimate of drug-likeness (QED) is 0.803. The van der Waals surface area contributed by atoms with Crippen molar-refractivity contribution in [3.05, 3.63) is 52.3 Å². The van der Waals surface area contributed by atoms with Crippen molar-refractivity contribution in [3.63, 3.8) is 0 Å². The van der Waals surface area contributed by atoms with Crippen LogP contribution in [0.4, 0.5) is 0 Å². The molecule has 0 spiro atoms. The predicted molar refractivity (Wildman–Crippen MR) is 83.1 cm³/mol. The summed E-state index contributed by atoms with van der Waals surface area (Å²) in [4.78, 5) is 11.9. The van der Waals surface area contributed by atoms with Gasteiger partial charge in [-0.3, -0.25) is 9.89 Å². The van der Waals surface area contributed by atoms with Crippen molar-refractivity contribution in [1.82, 2.24) is 20.8 Å². The molecule has 1 aromatic heterocycles. The van der Waals surface area contributed by atoms with E-state index in [1.165, 1.54) is 11.1 Å². The van der Waals surface area contributed by atoms with Gasteiger partial charge in [0.2, 0.25) is 5.91 Å². The molecule has 0 fully saturated rings. The smallest absolute Gasteiger partial charge is 0.226 e. The van der Waals surface area contributed by atoms with E-state index >= 15 is 0 Å². The van der Waals surface area contributed by atoms with E-state index in [1.807, 2.05) is 13.0 Å². The molecular formula is C15H19ClN4O. The largest absolute Gasteiger partial charge is 0.352 e. The number of hydrogen-bond acceptors (Lipinski definition) is 3. The van der Waals surface area contributed by atoms with Crippen LogP contribution in [0.5, 0.6) is 0 Å². The molecule has 1 aliphatic rings. The van der Waals surface area contributed by atoms with Crippen LogP contribution >= 0.6 is 12.4 Å². The predicted octanol–water partition coefficient (Wildman–Crippen LogP) is 1.60. The summed E-state index contributed by atoms with van der Waals surface area (Å²) in [6.07, 6.45) is 0.316. The lowest BCUT2D eigenvalue weighted by Crippen LogP contribution is -2.24. The zero-order valence-electron chi connectivity index (χ0n) is 11.9. The number of carbonyl (C=O) groups excluding carboxylic acids is 1. The highest BCUT2D eigenvalue weighted by molar-refractivity contribution is 5.85. The molecule has 0 unspecified atom stereocenters. The summed E-state index contributed by atoms with van der Waals surface area (Å²) in [7, 11) is 0. The number of fused-ring (bicyclic) bond motifs is 1. The molecule has 1 amide bonds. The summed E-state index contributed by atoms with van der Waals surface area (Å²) in [6.45, 7) is 4.35. The molecule has 2 aromatic rings. The summed E-state index contributed by atoms with van der Waals surface area (Å²) >= 11 is 0. The first-order chi connectivity index (χ1) is 9.70. The number of halogens is 1. The van der Waals surface area contributed by atoms with Gasteiger partial charge >= 0.3 is 0 Å². The second-order valence-corrected chi connectivity index (χ2v) is 5.20. The zero-order chi connectivity index (χ0) is 13.9.